The molecule has 0 unspecified atom stereocenters. The molecule has 1 amide bonds. The summed E-state index contributed by atoms with van der Waals surface area (Å²) in [6, 6.07) is 7.27. The van der Waals surface area contributed by atoms with Crippen molar-refractivity contribution in [2.45, 2.75) is 0 Å². The minimum Gasteiger partial charge on any atom is -0.490 e. The summed E-state index contributed by atoms with van der Waals surface area (Å²) < 4.78 is 5.52. The van der Waals surface area contributed by atoms with Crippen LogP contribution in [-0.2, 0) is 4.79 Å². The monoisotopic (exact) mass is 282 g/mol. The molecular weight excluding hydrogens is 264 g/mol. The number of rotatable bonds is 8. The molecule has 0 aromatic heterocycles. The van der Waals surface area contributed by atoms with E-state index in [1.54, 1.807) is 30.2 Å². The first-order valence-corrected chi connectivity index (χ1v) is 6.46. The molecule has 104 valence electrons. The van der Waals surface area contributed by atoms with Crippen molar-refractivity contribution < 1.29 is 9.53 Å². The second-order valence-corrected chi connectivity index (χ2v) is 4.42. The van der Waals surface area contributed by atoms with E-state index in [0.717, 1.165) is 0 Å². The summed E-state index contributed by atoms with van der Waals surface area (Å²) in [5.74, 6) is 0.652. The Morgan fingerprint density at radius 1 is 1.53 bits per heavy atom. The van der Waals surface area contributed by atoms with Crippen LogP contribution >= 0.6 is 11.6 Å². The number of hydrogen-bond acceptors (Lipinski definition) is 3. The highest BCUT2D eigenvalue weighted by Gasteiger charge is 2.08. The lowest BCUT2D eigenvalue weighted by Gasteiger charge is -2.17. The summed E-state index contributed by atoms with van der Waals surface area (Å²) in [5, 5.41) is 3.54. The molecule has 19 heavy (non-hydrogen) atoms. The van der Waals surface area contributed by atoms with E-state index in [4.69, 9.17) is 16.3 Å². The van der Waals surface area contributed by atoms with E-state index in [1.165, 1.54) is 0 Å². The minimum atomic E-state index is 0.0182. The average molecular weight is 283 g/mol. The average Bonchev–Trinajstić information content (AvgIpc) is 2.41. The van der Waals surface area contributed by atoms with E-state index >= 15 is 0 Å². The highest BCUT2D eigenvalue weighted by molar-refractivity contribution is 6.32. The SMILES string of the molecule is C=CCNCC(=O)N(C)CCOc1ccccc1Cl. The summed E-state index contributed by atoms with van der Waals surface area (Å²) in [6.45, 7) is 5.42. The third-order valence-electron chi connectivity index (χ3n) is 2.51. The number of carbonyl (C=O) groups is 1. The van der Waals surface area contributed by atoms with Crippen molar-refractivity contribution in [2.75, 3.05) is 33.3 Å². The smallest absolute Gasteiger partial charge is 0.236 e. The summed E-state index contributed by atoms with van der Waals surface area (Å²) in [7, 11) is 1.74. The van der Waals surface area contributed by atoms with Crippen LogP contribution in [0.2, 0.25) is 5.02 Å². The van der Waals surface area contributed by atoms with Gasteiger partial charge >= 0.3 is 0 Å². The molecule has 0 aliphatic rings. The van der Waals surface area contributed by atoms with Crippen molar-refractivity contribution in [2.24, 2.45) is 0 Å². The van der Waals surface area contributed by atoms with Gasteiger partial charge < -0.3 is 15.0 Å². The lowest BCUT2D eigenvalue weighted by Crippen LogP contribution is -2.37. The van der Waals surface area contributed by atoms with E-state index in [-0.39, 0.29) is 5.91 Å². The van der Waals surface area contributed by atoms with Crippen molar-refractivity contribution in [1.29, 1.82) is 0 Å². The van der Waals surface area contributed by atoms with Gasteiger partial charge in [0.1, 0.15) is 12.4 Å². The summed E-state index contributed by atoms with van der Waals surface area (Å²) >= 11 is 5.96. The zero-order valence-electron chi connectivity index (χ0n) is 11.1. The number of ether oxygens (including phenoxy) is 1. The Hall–Kier alpha value is -1.52. The molecule has 1 aromatic rings. The first-order chi connectivity index (χ1) is 9.15. The lowest BCUT2D eigenvalue weighted by molar-refractivity contribution is -0.129. The minimum absolute atomic E-state index is 0.0182. The van der Waals surface area contributed by atoms with Crippen LogP contribution in [0.25, 0.3) is 0 Å². The number of benzene rings is 1. The predicted octanol–water partition coefficient (Wildman–Crippen LogP) is 1.95. The summed E-state index contributed by atoms with van der Waals surface area (Å²) in [4.78, 5) is 13.3. The highest BCUT2D eigenvalue weighted by Crippen LogP contribution is 2.22. The quantitative estimate of drug-likeness (QED) is 0.585. The second kappa shape index (κ2) is 8.56. The molecular formula is C14H19ClN2O2. The van der Waals surface area contributed by atoms with Crippen LogP contribution < -0.4 is 10.1 Å². The summed E-state index contributed by atoms with van der Waals surface area (Å²) in [5.41, 5.74) is 0. The van der Waals surface area contributed by atoms with E-state index in [1.807, 2.05) is 12.1 Å². The van der Waals surface area contributed by atoms with E-state index < -0.39 is 0 Å². The molecule has 1 aromatic carbocycles. The van der Waals surface area contributed by atoms with Crippen molar-refractivity contribution in [3.8, 4) is 5.75 Å². The Kier molecular flexibility index (Phi) is 7.00. The Bertz CT molecular complexity index is 424. The zero-order valence-corrected chi connectivity index (χ0v) is 11.8. The van der Waals surface area contributed by atoms with E-state index in [9.17, 15) is 4.79 Å². The van der Waals surface area contributed by atoms with Gasteiger partial charge in [0.2, 0.25) is 5.91 Å². The van der Waals surface area contributed by atoms with E-state index in [2.05, 4.69) is 11.9 Å². The van der Waals surface area contributed by atoms with Gasteiger partial charge in [0.25, 0.3) is 0 Å². The number of hydrogen-bond donors (Lipinski definition) is 1. The van der Waals surface area contributed by atoms with Gasteiger partial charge in [0.15, 0.2) is 0 Å². The Labute approximate surface area is 119 Å². The second-order valence-electron chi connectivity index (χ2n) is 4.01. The van der Waals surface area contributed by atoms with Crippen molar-refractivity contribution in [3.63, 3.8) is 0 Å². The Morgan fingerprint density at radius 3 is 2.95 bits per heavy atom. The molecule has 0 spiro atoms. The first kappa shape index (κ1) is 15.5. The van der Waals surface area contributed by atoms with Crippen LogP contribution in [0.15, 0.2) is 36.9 Å². The molecule has 1 N–H and O–H groups in total. The van der Waals surface area contributed by atoms with Crippen LogP contribution in [0.4, 0.5) is 0 Å². The van der Waals surface area contributed by atoms with Gasteiger partial charge in [-0.3, -0.25) is 4.79 Å². The first-order valence-electron chi connectivity index (χ1n) is 6.08. The van der Waals surface area contributed by atoms with Crippen LogP contribution in [-0.4, -0.2) is 44.1 Å². The maximum absolute atomic E-state index is 11.7. The molecule has 0 bridgehead atoms. The highest BCUT2D eigenvalue weighted by atomic mass is 35.5. The zero-order chi connectivity index (χ0) is 14.1. The number of nitrogens with zero attached hydrogens (tertiary/aromatic N) is 1. The molecule has 0 aliphatic heterocycles. The lowest BCUT2D eigenvalue weighted by atomic mass is 10.3. The van der Waals surface area contributed by atoms with Gasteiger partial charge in [0, 0.05) is 13.6 Å². The fourth-order valence-corrected chi connectivity index (χ4v) is 1.59. The van der Waals surface area contributed by atoms with Crippen LogP contribution in [0.3, 0.4) is 0 Å². The number of carbonyl (C=O) groups excluding carboxylic acids is 1. The molecule has 0 saturated heterocycles. The van der Waals surface area contributed by atoms with Gasteiger partial charge in [-0.2, -0.15) is 0 Å². The molecule has 0 atom stereocenters. The third-order valence-corrected chi connectivity index (χ3v) is 2.82. The van der Waals surface area contributed by atoms with Crippen molar-refractivity contribution in [1.82, 2.24) is 10.2 Å². The standard InChI is InChI=1S/C14H19ClN2O2/c1-3-8-16-11-14(18)17(2)9-10-19-13-7-5-4-6-12(13)15/h3-7,16H,1,8-11H2,2H3. The molecule has 0 heterocycles. The third kappa shape index (κ3) is 5.77. The molecule has 0 aliphatic carbocycles. The number of para-hydroxylation sites is 1. The molecule has 5 heteroatoms. The Balaban J connectivity index is 2.26. The van der Waals surface area contributed by atoms with Crippen LogP contribution in [0, 0.1) is 0 Å². The Morgan fingerprint density at radius 2 is 2.26 bits per heavy atom. The van der Waals surface area contributed by atoms with E-state index in [0.29, 0.717) is 37.0 Å². The molecule has 1 rings (SSSR count). The normalized spacial score (nSPS) is 10.0. The molecule has 0 saturated carbocycles. The number of amides is 1. The van der Waals surface area contributed by atoms with Gasteiger partial charge in [-0.1, -0.05) is 29.8 Å². The number of likely N-dealkylation sites (N-methyl/N-ethyl adjacent to an activating group) is 1. The van der Waals surface area contributed by atoms with Gasteiger partial charge in [0.05, 0.1) is 18.1 Å². The maximum Gasteiger partial charge on any atom is 0.236 e. The largest absolute Gasteiger partial charge is 0.490 e. The fraction of sp³-hybridized carbons (Fsp3) is 0.357. The van der Waals surface area contributed by atoms with Gasteiger partial charge in [-0.15, -0.1) is 6.58 Å². The number of halogens is 1. The fourth-order valence-electron chi connectivity index (χ4n) is 1.40. The van der Waals surface area contributed by atoms with Crippen LogP contribution in [0.5, 0.6) is 5.75 Å². The van der Waals surface area contributed by atoms with Crippen LogP contribution in [0.1, 0.15) is 0 Å². The number of nitrogens with one attached hydrogen (secondary N) is 1. The predicted molar refractivity (Wildman–Crippen MR) is 77.7 cm³/mol. The topological polar surface area (TPSA) is 41.6 Å². The molecule has 0 radical (unpaired) electrons. The van der Waals surface area contributed by atoms with Gasteiger partial charge in [-0.05, 0) is 12.1 Å². The van der Waals surface area contributed by atoms with Crippen molar-refractivity contribution >= 4 is 17.5 Å². The van der Waals surface area contributed by atoms with Gasteiger partial charge in [-0.25, -0.2) is 0 Å². The molecule has 4 nitrogen and oxygen atoms in total. The summed E-state index contributed by atoms with van der Waals surface area (Å²) in [6.07, 6.45) is 1.72. The van der Waals surface area contributed by atoms with Crippen molar-refractivity contribution in [3.05, 3.63) is 41.9 Å². The maximum atomic E-state index is 11.7. The molecule has 0 fully saturated rings.